The van der Waals surface area contributed by atoms with E-state index in [1.807, 2.05) is 6.20 Å². The molecule has 0 bridgehead atoms. The molecule has 130 valence electrons. The normalized spacial score (nSPS) is 31.7. The lowest BCUT2D eigenvalue weighted by Crippen LogP contribution is -2.49. The van der Waals surface area contributed by atoms with Gasteiger partial charge in [-0.15, -0.1) is 11.8 Å². The predicted molar refractivity (Wildman–Crippen MR) is 97.2 cm³/mol. The average Bonchev–Trinajstić information content (AvgIpc) is 3.23. The Kier molecular flexibility index (Phi) is 3.43. The highest BCUT2D eigenvalue weighted by atomic mass is 32.2. The Bertz CT molecular complexity index is 839. The number of carbonyl (C=O) groups excluding carboxylic acids is 1. The van der Waals surface area contributed by atoms with Crippen LogP contribution in [0.25, 0.3) is 4.91 Å². The standard InChI is InChI=1S/C18H20N4O2S/c1-9-3-4-22(9)8-13-12-5-10(2)24-15-14(12)17(18(23)21-13)25-16(15)11-6-19-20-7-11/h6-7,9-10,17H,3-5,8H2,1-2H3,(H,19,20)/t9-,10+,17?/m0/s1. The van der Waals surface area contributed by atoms with Crippen LogP contribution in [-0.2, 0) is 9.53 Å². The lowest BCUT2D eigenvalue weighted by molar-refractivity contribution is -0.116. The van der Waals surface area contributed by atoms with Gasteiger partial charge in [0.25, 0.3) is 5.91 Å². The molecule has 4 aliphatic heterocycles. The summed E-state index contributed by atoms with van der Waals surface area (Å²) in [5.41, 5.74) is 4.21. The summed E-state index contributed by atoms with van der Waals surface area (Å²) >= 11 is 1.55. The maximum atomic E-state index is 12.7. The van der Waals surface area contributed by atoms with Gasteiger partial charge >= 0.3 is 0 Å². The third-order valence-corrected chi connectivity index (χ3v) is 6.80. The van der Waals surface area contributed by atoms with E-state index in [4.69, 9.17) is 4.74 Å². The summed E-state index contributed by atoms with van der Waals surface area (Å²) in [5.74, 6) is 0.809. The summed E-state index contributed by atoms with van der Waals surface area (Å²) in [7, 11) is 0. The molecule has 1 fully saturated rings. The molecule has 0 spiro atoms. The van der Waals surface area contributed by atoms with Gasteiger partial charge in [0.15, 0.2) is 0 Å². The number of allylic oxidation sites excluding steroid dienone is 1. The van der Waals surface area contributed by atoms with Crippen molar-refractivity contribution in [2.24, 2.45) is 4.99 Å². The number of nitrogens with zero attached hydrogens (tertiary/aromatic N) is 3. The molecule has 0 aliphatic carbocycles. The second-order valence-electron chi connectivity index (χ2n) is 7.17. The van der Waals surface area contributed by atoms with E-state index >= 15 is 0 Å². The molecule has 5 heterocycles. The number of likely N-dealkylation sites (tertiary alicyclic amines) is 1. The number of hydrogen-bond acceptors (Lipinski definition) is 5. The van der Waals surface area contributed by atoms with Crippen molar-refractivity contribution < 1.29 is 9.53 Å². The van der Waals surface area contributed by atoms with E-state index in [1.165, 1.54) is 12.0 Å². The number of amides is 1. The van der Waals surface area contributed by atoms with E-state index in [9.17, 15) is 4.79 Å². The Labute approximate surface area is 150 Å². The number of thioether (sulfide) groups is 1. The first-order valence-electron chi connectivity index (χ1n) is 8.78. The zero-order valence-corrected chi connectivity index (χ0v) is 15.1. The number of ether oxygens (including phenoxy) is 1. The molecule has 3 atom stereocenters. The van der Waals surface area contributed by atoms with Gasteiger partial charge < -0.3 is 4.74 Å². The SMILES string of the molecule is C[C@@H]1CC2=C3C(=C(c4cn[nH]c4)SC3C(=O)N=C2CN2CC[C@@H]2C)O1. The number of aromatic nitrogens is 2. The van der Waals surface area contributed by atoms with Crippen molar-refractivity contribution in [3.05, 3.63) is 34.9 Å². The molecule has 0 radical (unpaired) electrons. The quantitative estimate of drug-likeness (QED) is 0.900. The van der Waals surface area contributed by atoms with E-state index in [2.05, 4.69) is 33.9 Å². The fourth-order valence-electron chi connectivity index (χ4n) is 3.93. The number of aliphatic imine (C=N–C) groups is 1. The number of aromatic amines is 1. The fraction of sp³-hybridized carbons (Fsp3) is 0.500. The highest BCUT2D eigenvalue weighted by Crippen LogP contribution is 2.53. The molecule has 1 aromatic rings. The van der Waals surface area contributed by atoms with Gasteiger partial charge in [-0.1, -0.05) is 0 Å². The van der Waals surface area contributed by atoms with Crippen LogP contribution in [0.5, 0.6) is 0 Å². The van der Waals surface area contributed by atoms with Crippen molar-refractivity contribution >= 4 is 28.3 Å². The van der Waals surface area contributed by atoms with E-state index in [1.54, 1.807) is 18.0 Å². The highest BCUT2D eigenvalue weighted by Gasteiger charge is 2.46. The van der Waals surface area contributed by atoms with E-state index < -0.39 is 0 Å². The summed E-state index contributed by atoms with van der Waals surface area (Å²) < 4.78 is 6.18. The van der Waals surface area contributed by atoms with Crippen molar-refractivity contribution in [3.63, 3.8) is 0 Å². The minimum atomic E-state index is -0.264. The van der Waals surface area contributed by atoms with Gasteiger partial charge in [-0.25, -0.2) is 4.99 Å². The number of rotatable bonds is 3. The number of H-pyrrole nitrogens is 1. The van der Waals surface area contributed by atoms with E-state index in [0.717, 1.165) is 47.0 Å². The van der Waals surface area contributed by atoms with Gasteiger partial charge in [0, 0.05) is 42.9 Å². The monoisotopic (exact) mass is 356 g/mol. The average molecular weight is 356 g/mol. The summed E-state index contributed by atoms with van der Waals surface area (Å²) in [6.45, 7) is 6.17. The van der Waals surface area contributed by atoms with Crippen LogP contribution in [-0.4, -0.2) is 57.2 Å². The minimum Gasteiger partial charge on any atom is -0.489 e. The van der Waals surface area contributed by atoms with Crippen LogP contribution in [0.1, 0.15) is 32.3 Å². The molecule has 1 N–H and O–H groups in total. The molecule has 0 aromatic carbocycles. The van der Waals surface area contributed by atoms with Crippen LogP contribution < -0.4 is 0 Å². The highest BCUT2D eigenvalue weighted by molar-refractivity contribution is 8.10. The largest absolute Gasteiger partial charge is 0.489 e. The molecule has 1 saturated heterocycles. The maximum absolute atomic E-state index is 12.7. The predicted octanol–water partition coefficient (Wildman–Crippen LogP) is 2.37. The van der Waals surface area contributed by atoms with Gasteiger partial charge in [-0.3, -0.25) is 14.8 Å². The molecular weight excluding hydrogens is 336 g/mol. The van der Waals surface area contributed by atoms with Gasteiger partial charge in [0.05, 0.1) is 16.8 Å². The molecule has 1 aromatic heterocycles. The zero-order valence-electron chi connectivity index (χ0n) is 14.3. The summed E-state index contributed by atoms with van der Waals surface area (Å²) in [6.07, 6.45) is 5.76. The van der Waals surface area contributed by atoms with E-state index in [0.29, 0.717) is 6.04 Å². The van der Waals surface area contributed by atoms with Crippen molar-refractivity contribution in [1.29, 1.82) is 0 Å². The third kappa shape index (κ3) is 2.33. The van der Waals surface area contributed by atoms with E-state index in [-0.39, 0.29) is 17.3 Å². The Balaban J connectivity index is 1.59. The number of nitrogens with one attached hydrogen (secondary N) is 1. The van der Waals surface area contributed by atoms with Crippen molar-refractivity contribution in [2.45, 2.75) is 44.1 Å². The molecule has 5 rings (SSSR count). The van der Waals surface area contributed by atoms with Crippen molar-refractivity contribution in [1.82, 2.24) is 15.1 Å². The summed E-state index contributed by atoms with van der Waals surface area (Å²) in [5, 5.41) is 6.63. The molecule has 0 saturated carbocycles. The Hall–Kier alpha value is -1.86. The lowest BCUT2D eigenvalue weighted by Gasteiger charge is -2.40. The topological polar surface area (TPSA) is 70.6 Å². The first-order valence-corrected chi connectivity index (χ1v) is 9.65. The van der Waals surface area contributed by atoms with Gasteiger partial charge in [-0.05, 0) is 25.8 Å². The van der Waals surface area contributed by atoms with Crippen LogP contribution in [0.4, 0.5) is 0 Å². The van der Waals surface area contributed by atoms with Crippen molar-refractivity contribution in [2.75, 3.05) is 13.1 Å². The minimum absolute atomic E-state index is 0.0546. The molecule has 25 heavy (non-hydrogen) atoms. The molecule has 6 nitrogen and oxygen atoms in total. The Morgan fingerprint density at radius 3 is 3.00 bits per heavy atom. The second kappa shape index (κ2) is 5.57. The summed E-state index contributed by atoms with van der Waals surface area (Å²) in [4.78, 5) is 20.6. The number of carbonyl (C=O) groups is 1. The van der Waals surface area contributed by atoms with Crippen LogP contribution in [0.15, 0.2) is 34.3 Å². The van der Waals surface area contributed by atoms with Crippen LogP contribution in [0.3, 0.4) is 0 Å². The Morgan fingerprint density at radius 1 is 1.44 bits per heavy atom. The fourth-order valence-corrected chi connectivity index (χ4v) is 5.20. The van der Waals surface area contributed by atoms with Gasteiger partial charge in [-0.2, -0.15) is 5.10 Å². The van der Waals surface area contributed by atoms with Crippen LogP contribution >= 0.6 is 11.8 Å². The number of hydrogen-bond donors (Lipinski definition) is 1. The van der Waals surface area contributed by atoms with Crippen LogP contribution in [0.2, 0.25) is 0 Å². The first kappa shape index (κ1) is 15.4. The second-order valence-corrected chi connectivity index (χ2v) is 8.29. The van der Waals surface area contributed by atoms with Gasteiger partial charge in [0.2, 0.25) is 0 Å². The number of dihydropyridines is 1. The smallest absolute Gasteiger partial charge is 0.264 e. The van der Waals surface area contributed by atoms with Crippen LogP contribution in [0, 0.1) is 0 Å². The third-order valence-electron chi connectivity index (χ3n) is 5.47. The molecular formula is C18H20N4O2S. The Morgan fingerprint density at radius 2 is 2.32 bits per heavy atom. The zero-order chi connectivity index (χ0) is 17.1. The molecule has 4 aliphatic rings. The maximum Gasteiger partial charge on any atom is 0.264 e. The van der Waals surface area contributed by atoms with Gasteiger partial charge in [0.1, 0.15) is 17.1 Å². The molecule has 7 heteroatoms. The molecule has 1 unspecified atom stereocenters. The van der Waals surface area contributed by atoms with Crippen molar-refractivity contribution in [3.8, 4) is 0 Å². The molecule has 1 amide bonds. The summed E-state index contributed by atoms with van der Waals surface area (Å²) in [6, 6.07) is 0.577. The first-order chi connectivity index (χ1) is 12.1. The lowest BCUT2D eigenvalue weighted by atomic mass is 9.88.